The Morgan fingerprint density at radius 1 is 1.07 bits per heavy atom. The number of carbonyl (C=O) groups is 2. The van der Waals surface area contributed by atoms with E-state index in [1.165, 1.54) is 23.8 Å². The van der Waals surface area contributed by atoms with Crippen LogP contribution in [0.4, 0.5) is 5.69 Å². The van der Waals surface area contributed by atoms with Crippen LogP contribution < -0.4 is 29.2 Å². The number of carbonyl (C=O) groups excluding carboxylic acids is 2. The molecule has 2 amide bonds. The van der Waals surface area contributed by atoms with Crippen LogP contribution in [0.3, 0.4) is 0 Å². The topological polar surface area (TPSA) is 126 Å². The zero-order chi connectivity index (χ0) is 29.1. The number of benzene rings is 3. The lowest BCUT2D eigenvalue weighted by atomic mass is 10.0. The van der Waals surface area contributed by atoms with Gasteiger partial charge in [-0.3, -0.25) is 14.5 Å². The number of methoxy groups -OCH3 is 2. The molecule has 2 unspecified atom stereocenters. The van der Waals surface area contributed by atoms with Gasteiger partial charge in [0.25, 0.3) is 0 Å². The molecule has 1 aromatic heterocycles. The van der Waals surface area contributed by atoms with E-state index in [1.54, 1.807) is 36.4 Å². The number of nitrogens with one attached hydrogen (secondary N) is 1. The summed E-state index contributed by atoms with van der Waals surface area (Å²) in [6, 6.07) is 16.6. The molecule has 1 N–H and O–H groups in total. The molecule has 12 nitrogen and oxygen atoms in total. The second-order valence-electron chi connectivity index (χ2n) is 9.90. The van der Waals surface area contributed by atoms with Gasteiger partial charge in [0.15, 0.2) is 23.0 Å². The molecule has 2 aliphatic heterocycles. The van der Waals surface area contributed by atoms with Gasteiger partial charge >= 0.3 is 0 Å². The molecule has 2 aliphatic rings. The van der Waals surface area contributed by atoms with Gasteiger partial charge in [-0.2, -0.15) is 0 Å². The zero-order valence-corrected chi connectivity index (χ0v) is 23.3. The van der Waals surface area contributed by atoms with Crippen molar-refractivity contribution in [3.8, 4) is 23.0 Å². The zero-order valence-electron chi connectivity index (χ0n) is 23.3. The number of nitrogens with zero attached hydrogens (tertiary/aromatic N) is 4. The Balaban J connectivity index is 1.46. The van der Waals surface area contributed by atoms with E-state index in [2.05, 4.69) is 15.6 Å². The molecule has 1 fully saturated rings. The Hall–Kier alpha value is -4.84. The minimum Gasteiger partial charge on any atom is -0.493 e. The third-order valence-corrected chi connectivity index (χ3v) is 7.37. The number of para-hydroxylation sites is 2. The second kappa shape index (κ2) is 12.0. The first-order valence-corrected chi connectivity index (χ1v) is 13.7. The molecule has 2 atom stereocenters. The molecule has 0 aliphatic carbocycles. The lowest BCUT2D eigenvalue weighted by Crippen LogP contribution is -2.46. The van der Waals surface area contributed by atoms with Gasteiger partial charge in [0.05, 0.1) is 25.8 Å². The lowest BCUT2D eigenvalue weighted by Gasteiger charge is -2.33. The summed E-state index contributed by atoms with van der Waals surface area (Å²) in [7, 11) is 3.02. The molecule has 12 heteroatoms. The summed E-state index contributed by atoms with van der Waals surface area (Å²) in [6.07, 6.45) is 1.68. The van der Waals surface area contributed by atoms with Crippen LogP contribution in [0.25, 0.3) is 11.0 Å². The number of rotatable bonds is 10. The predicted octanol–water partition coefficient (Wildman–Crippen LogP) is 3.25. The molecule has 6 rings (SSSR count). The number of aromatic nitrogens is 3. The average Bonchev–Trinajstić information content (AvgIpc) is 3.79. The number of hydrogen-bond acceptors (Lipinski definition) is 9. The molecule has 0 bridgehead atoms. The number of anilines is 1. The maximum Gasteiger partial charge on any atom is 0.249 e. The average molecular weight is 574 g/mol. The maximum atomic E-state index is 14.4. The highest BCUT2D eigenvalue weighted by Crippen LogP contribution is 2.42. The lowest BCUT2D eigenvalue weighted by molar-refractivity contribution is -0.127. The summed E-state index contributed by atoms with van der Waals surface area (Å²) < 4.78 is 29.7. The van der Waals surface area contributed by atoms with Crippen molar-refractivity contribution in [3.63, 3.8) is 0 Å². The van der Waals surface area contributed by atoms with Crippen LogP contribution in [0, 0.1) is 0 Å². The van der Waals surface area contributed by atoms with Gasteiger partial charge in [-0.05, 0) is 43.2 Å². The van der Waals surface area contributed by atoms with Gasteiger partial charge in [-0.1, -0.05) is 29.5 Å². The fourth-order valence-electron chi connectivity index (χ4n) is 5.35. The van der Waals surface area contributed by atoms with Gasteiger partial charge in [-0.25, -0.2) is 4.68 Å². The highest BCUT2D eigenvalue weighted by Gasteiger charge is 2.37. The Bertz CT molecular complexity index is 1600. The monoisotopic (exact) mass is 573 g/mol. The molecular formula is C30H31N5O7. The molecule has 3 heterocycles. The SMILES string of the molecule is COc1cccc(C(C(=O)NCC2CCCO2)N(C(=O)Cn2nnc3ccccc32)c2ccc3c(c2)OCO3)c1OC. The molecule has 1 saturated heterocycles. The van der Waals surface area contributed by atoms with Gasteiger partial charge in [-0.15, -0.1) is 5.10 Å². The summed E-state index contributed by atoms with van der Waals surface area (Å²) in [6.45, 7) is 0.837. The Morgan fingerprint density at radius 2 is 1.93 bits per heavy atom. The molecule has 0 radical (unpaired) electrons. The first-order valence-electron chi connectivity index (χ1n) is 13.7. The standard InChI is InChI=1S/C30H31N5O7/c1-38-25-11-5-8-21(29(25)39-2)28(30(37)31-16-20-7-6-14-40-20)35(19-12-13-24-26(15-19)42-18-41-24)27(36)17-34-23-10-4-3-9-22(23)32-33-34/h3-5,8-13,15,20,28H,6-7,14,16-18H2,1-2H3,(H,31,37). The third kappa shape index (κ3) is 5.28. The van der Waals surface area contributed by atoms with Crippen molar-refractivity contribution in [1.29, 1.82) is 0 Å². The predicted molar refractivity (Wildman–Crippen MR) is 152 cm³/mol. The third-order valence-electron chi connectivity index (χ3n) is 7.37. The van der Waals surface area contributed by atoms with Crippen molar-refractivity contribution < 1.29 is 33.3 Å². The van der Waals surface area contributed by atoms with Crippen LogP contribution in [-0.2, 0) is 20.9 Å². The van der Waals surface area contributed by atoms with Crippen LogP contribution in [0.5, 0.6) is 23.0 Å². The molecule has 42 heavy (non-hydrogen) atoms. The Morgan fingerprint density at radius 3 is 2.74 bits per heavy atom. The van der Waals surface area contributed by atoms with Crippen molar-refractivity contribution in [3.05, 3.63) is 66.2 Å². The molecule has 3 aromatic carbocycles. The van der Waals surface area contributed by atoms with E-state index in [9.17, 15) is 9.59 Å². The number of hydrogen-bond donors (Lipinski definition) is 1. The summed E-state index contributed by atoms with van der Waals surface area (Å²) in [4.78, 5) is 30.0. The van der Waals surface area contributed by atoms with Gasteiger partial charge in [0, 0.05) is 30.5 Å². The second-order valence-corrected chi connectivity index (χ2v) is 9.90. The summed E-state index contributed by atoms with van der Waals surface area (Å²) >= 11 is 0. The van der Waals surface area contributed by atoms with Crippen molar-refractivity contribution in [2.45, 2.75) is 31.5 Å². The van der Waals surface area contributed by atoms with Crippen LogP contribution >= 0.6 is 0 Å². The largest absolute Gasteiger partial charge is 0.493 e. The molecule has 0 saturated carbocycles. The number of amides is 2. The molecular weight excluding hydrogens is 542 g/mol. The maximum absolute atomic E-state index is 14.4. The summed E-state index contributed by atoms with van der Waals surface area (Å²) in [5.41, 5.74) is 2.21. The first-order chi connectivity index (χ1) is 20.6. The molecule has 4 aromatic rings. The van der Waals surface area contributed by atoms with Crippen molar-refractivity contribution in [1.82, 2.24) is 20.3 Å². The highest BCUT2D eigenvalue weighted by molar-refractivity contribution is 6.02. The summed E-state index contributed by atoms with van der Waals surface area (Å²) in [5, 5.41) is 11.4. The van der Waals surface area contributed by atoms with E-state index >= 15 is 0 Å². The van der Waals surface area contributed by atoms with Gasteiger partial charge in [0.2, 0.25) is 18.6 Å². The van der Waals surface area contributed by atoms with Crippen LogP contribution in [0.15, 0.2) is 60.7 Å². The van der Waals surface area contributed by atoms with Crippen molar-refractivity contribution in [2.24, 2.45) is 0 Å². The Kier molecular flexibility index (Phi) is 7.78. The van der Waals surface area contributed by atoms with Crippen LogP contribution in [0.2, 0.25) is 0 Å². The van der Waals surface area contributed by atoms with E-state index in [0.717, 1.165) is 12.8 Å². The van der Waals surface area contributed by atoms with E-state index in [1.807, 2.05) is 24.3 Å². The van der Waals surface area contributed by atoms with Crippen molar-refractivity contribution in [2.75, 3.05) is 39.1 Å². The summed E-state index contributed by atoms with van der Waals surface area (Å²) in [5.74, 6) is 0.951. The quantitative estimate of drug-likeness (QED) is 0.304. The van der Waals surface area contributed by atoms with Crippen LogP contribution in [-0.4, -0.2) is 67.1 Å². The normalized spacial score (nSPS) is 16.3. The van der Waals surface area contributed by atoms with E-state index in [4.69, 9.17) is 23.7 Å². The highest BCUT2D eigenvalue weighted by atomic mass is 16.7. The van der Waals surface area contributed by atoms with E-state index in [-0.39, 0.29) is 19.4 Å². The number of fused-ring (bicyclic) bond motifs is 2. The van der Waals surface area contributed by atoms with E-state index < -0.39 is 17.9 Å². The van der Waals surface area contributed by atoms with Gasteiger partial charge in [0.1, 0.15) is 18.1 Å². The first kappa shape index (κ1) is 27.3. The van der Waals surface area contributed by atoms with Crippen LogP contribution in [0.1, 0.15) is 24.4 Å². The fourth-order valence-corrected chi connectivity index (χ4v) is 5.35. The minimum atomic E-state index is -1.15. The van der Waals surface area contributed by atoms with Gasteiger partial charge < -0.3 is 29.0 Å². The Labute approximate surface area is 242 Å². The number of ether oxygens (including phenoxy) is 5. The van der Waals surface area contributed by atoms with Crippen molar-refractivity contribution >= 4 is 28.5 Å². The minimum absolute atomic E-state index is 0.0622. The fraction of sp³-hybridized carbons (Fsp3) is 0.333. The molecule has 218 valence electrons. The van der Waals surface area contributed by atoms with E-state index in [0.29, 0.717) is 58.4 Å². The smallest absolute Gasteiger partial charge is 0.249 e. The molecule has 0 spiro atoms.